The van der Waals surface area contributed by atoms with Gasteiger partial charge < -0.3 is 34.3 Å². The number of H-pyrrole nitrogens is 1. The van der Waals surface area contributed by atoms with E-state index in [0.29, 0.717) is 54.3 Å². The Morgan fingerprint density at radius 1 is 1.36 bits per heavy atom. The Hall–Kier alpha value is -2.71. The van der Waals surface area contributed by atoms with Crippen molar-refractivity contribution in [3.05, 3.63) is 32.6 Å². The highest BCUT2D eigenvalue weighted by Crippen LogP contribution is 2.34. The van der Waals surface area contributed by atoms with Crippen LogP contribution < -0.4 is 10.2 Å². The molecule has 194 valence electrons. The number of hydrogen-bond donors (Lipinski definition) is 3. The summed E-state index contributed by atoms with van der Waals surface area (Å²) in [4.78, 5) is 34.2. The molecule has 4 rings (SSSR count). The van der Waals surface area contributed by atoms with E-state index in [1.54, 1.807) is 25.7 Å². The van der Waals surface area contributed by atoms with Crippen molar-refractivity contribution in [2.45, 2.75) is 32.0 Å². The molecule has 2 atom stereocenters. The Balaban J connectivity index is 1.52. The number of piperidine rings is 1. The SMILES string of the molecule is COCCn1cnnc1-c1nc(N2CC[C@@H](NC(=O)c3[nH]c(Cl)c(C)c3Cl)[C@@H](OC)C2)sc1C(=O)O. The monoisotopic (exact) mass is 557 g/mol. The number of halogens is 2. The largest absolute Gasteiger partial charge is 0.477 e. The van der Waals surface area contributed by atoms with Crippen LogP contribution in [0.3, 0.4) is 0 Å². The first-order valence-electron chi connectivity index (χ1n) is 11.0. The standard InChI is InChI=1S/C21H25Cl2N7O5S/c1-10-13(22)14(26-17(10)23)19(31)25-11-4-5-29(8-12(11)35-3)21-27-15(16(36-21)20(32)33)18-28-24-9-30(18)6-7-34-2/h9,11-12,26H,4-8H2,1-3H3,(H,25,31)(H,32,33)/t11-,12+/m1/s1. The second kappa shape index (κ2) is 11.1. The van der Waals surface area contributed by atoms with E-state index in [1.165, 1.54) is 6.33 Å². The molecule has 0 spiro atoms. The van der Waals surface area contributed by atoms with Gasteiger partial charge in [-0.3, -0.25) is 4.79 Å². The zero-order valence-corrected chi connectivity index (χ0v) is 22.1. The normalized spacial score (nSPS) is 18.0. The Kier molecular flexibility index (Phi) is 8.15. The fraction of sp³-hybridized carbons (Fsp3) is 0.476. The maximum Gasteiger partial charge on any atom is 0.348 e. The smallest absolute Gasteiger partial charge is 0.348 e. The van der Waals surface area contributed by atoms with Crippen molar-refractivity contribution in [3.63, 3.8) is 0 Å². The molecule has 0 saturated carbocycles. The van der Waals surface area contributed by atoms with Gasteiger partial charge in [-0.25, -0.2) is 9.78 Å². The number of carboxylic acid groups (broad SMARTS) is 1. The lowest BCUT2D eigenvalue weighted by molar-refractivity contribution is 0.0540. The molecule has 3 N–H and O–H groups in total. The number of hydrogen-bond acceptors (Lipinski definition) is 9. The highest BCUT2D eigenvalue weighted by molar-refractivity contribution is 7.17. The van der Waals surface area contributed by atoms with E-state index < -0.39 is 5.97 Å². The number of nitrogens with one attached hydrogen (secondary N) is 2. The average molecular weight is 558 g/mol. The molecule has 15 heteroatoms. The number of anilines is 1. The molecule has 12 nitrogen and oxygen atoms in total. The molecular formula is C21H25Cl2N7O5S. The van der Waals surface area contributed by atoms with Crippen molar-refractivity contribution in [1.82, 2.24) is 30.0 Å². The van der Waals surface area contributed by atoms with Gasteiger partial charge in [0.05, 0.1) is 23.8 Å². The highest BCUT2D eigenvalue weighted by Gasteiger charge is 2.34. The van der Waals surface area contributed by atoms with Crippen molar-refractivity contribution in [3.8, 4) is 11.5 Å². The molecule has 1 aliphatic heterocycles. The fourth-order valence-corrected chi connectivity index (χ4v) is 5.37. The zero-order valence-electron chi connectivity index (χ0n) is 19.7. The molecule has 1 amide bonds. The van der Waals surface area contributed by atoms with E-state index in [-0.39, 0.29) is 39.3 Å². The van der Waals surface area contributed by atoms with Gasteiger partial charge in [0.15, 0.2) is 11.0 Å². The van der Waals surface area contributed by atoms with Gasteiger partial charge >= 0.3 is 5.97 Å². The predicted molar refractivity (Wildman–Crippen MR) is 134 cm³/mol. The summed E-state index contributed by atoms with van der Waals surface area (Å²) in [5, 5.41) is 21.9. The van der Waals surface area contributed by atoms with Crippen LogP contribution in [0.1, 0.15) is 32.1 Å². The number of methoxy groups -OCH3 is 2. The van der Waals surface area contributed by atoms with Crippen LogP contribution in [0.15, 0.2) is 6.33 Å². The molecule has 36 heavy (non-hydrogen) atoms. The predicted octanol–water partition coefficient (Wildman–Crippen LogP) is 2.71. The molecule has 1 fully saturated rings. The summed E-state index contributed by atoms with van der Waals surface area (Å²) in [6, 6.07) is -0.298. The number of rotatable bonds is 9. The number of nitrogens with zero attached hydrogens (tertiary/aromatic N) is 5. The number of aromatic carboxylic acids is 1. The molecule has 0 unspecified atom stereocenters. The van der Waals surface area contributed by atoms with Gasteiger partial charge in [-0.15, -0.1) is 10.2 Å². The number of aromatic nitrogens is 5. The summed E-state index contributed by atoms with van der Waals surface area (Å²) < 4.78 is 12.5. The first-order valence-corrected chi connectivity index (χ1v) is 12.6. The van der Waals surface area contributed by atoms with Crippen LogP contribution in [-0.4, -0.2) is 87.8 Å². The van der Waals surface area contributed by atoms with Gasteiger partial charge in [-0.05, 0) is 13.3 Å². The molecule has 0 aliphatic carbocycles. The van der Waals surface area contributed by atoms with E-state index in [4.69, 9.17) is 32.7 Å². The van der Waals surface area contributed by atoms with E-state index >= 15 is 0 Å². The average Bonchev–Trinajstić information content (AvgIpc) is 3.57. The maximum absolute atomic E-state index is 12.8. The number of carboxylic acids is 1. The third-order valence-electron chi connectivity index (χ3n) is 5.96. The maximum atomic E-state index is 12.8. The number of thiazole rings is 1. The van der Waals surface area contributed by atoms with E-state index in [1.807, 2.05) is 4.90 Å². The molecular weight excluding hydrogens is 533 g/mol. The lowest BCUT2D eigenvalue weighted by Crippen LogP contribution is -2.55. The van der Waals surface area contributed by atoms with Crippen molar-refractivity contribution in [2.75, 3.05) is 38.8 Å². The highest BCUT2D eigenvalue weighted by atomic mass is 35.5. The molecule has 0 bridgehead atoms. The van der Waals surface area contributed by atoms with Crippen LogP contribution in [0, 0.1) is 6.92 Å². The third kappa shape index (κ3) is 5.20. The van der Waals surface area contributed by atoms with Gasteiger partial charge in [0.1, 0.15) is 27.7 Å². The minimum atomic E-state index is -1.10. The minimum absolute atomic E-state index is 0.0645. The van der Waals surface area contributed by atoms with Crippen molar-refractivity contribution in [1.29, 1.82) is 0 Å². The molecule has 1 saturated heterocycles. The zero-order chi connectivity index (χ0) is 26.0. The van der Waals surface area contributed by atoms with Crippen molar-refractivity contribution in [2.24, 2.45) is 0 Å². The third-order valence-corrected chi connectivity index (χ3v) is 7.92. The number of ether oxygens (including phenoxy) is 2. The summed E-state index contributed by atoms with van der Waals surface area (Å²) >= 11 is 13.4. The minimum Gasteiger partial charge on any atom is -0.477 e. The number of amides is 1. The summed E-state index contributed by atoms with van der Waals surface area (Å²) in [6.45, 7) is 3.51. The quantitative estimate of drug-likeness (QED) is 0.361. The van der Waals surface area contributed by atoms with E-state index in [2.05, 4.69) is 25.5 Å². The lowest BCUT2D eigenvalue weighted by atomic mass is 10.0. The summed E-state index contributed by atoms with van der Waals surface area (Å²) in [7, 11) is 3.14. The number of aromatic amines is 1. The van der Waals surface area contributed by atoms with Gasteiger partial charge in [-0.2, -0.15) is 0 Å². The van der Waals surface area contributed by atoms with Gasteiger partial charge in [-0.1, -0.05) is 34.5 Å². The summed E-state index contributed by atoms with van der Waals surface area (Å²) in [6.07, 6.45) is 1.68. The van der Waals surface area contributed by atoms with Crippen LogP contribution >= 0.6 is 34.5 Å². The Labute approximate surface area is 220 Å². The first-order chi connectivity index (χ1) is 17.2. The molecule has 3 aromatic rings. The second-order valence-electron chi connectivity index (χ2n) is 8.16. The number of carbonyl (C=O) groups is 2. The topological polar surface area (TPSA) is 147 Å². The lowest BCUT2D eigenvalue weighted by Gasteiger charge is -2.37. The molecule has 4 heterocycles. The summed E-state index contributed by atoms with van der Waals surface area (Å²) in [5.41, 5.74) is 1.05. The fourth-order valence-electron chi connectivity index (χ4n) is 3.97. The van der Waals surface area contributed by atoms with E-state index in [0.717, 1.165) is 11.3 Å². The second-order valence-corrected chi connectivity index (χ2v) is 9.90. The van der Waals surface area contributed by atoms with Crippen LogP contribution in [0.25, 0.3) is 11.5 Å². The van der Waals surface area contributed by atoms with Gasteiger partial charge in [0.25, 0.3) is 5.91 Å². The number of carbonyl (C=O) groups excluding carboxylic acids is 1. The Bertz CT molecular complexity index is 1260. The molecule has 3 aromatic heterocycles. The molecule has 0 radical (unpaired) electrons. The Morgan fingerprint density at radius 2 is 2.14 bits per heavy atom. The molecule has 0 aromatic carbocycles. The van der Waals surface area contributed by atoms with Gasteiger partial charge in [0, 0.05) is 39.4 Å². The van der Waals surface area contributed by atoms with Crippen molar-refractivity contribution < 1.29 is 24.2 Å². The first kappa shape index (κ1) is 26.4. The van der Waals surface area contributed by atoms with Crippen LogP contribution in [0.5, 0.6) is 0 Å². The van der Waals surface area contributed by atoms with Gasteiger partial charge in [0.2, 0.25) is 0 Å². The summed E-state index contributed by atoms with van der Waals surface area (Å²) in [5.74, 6) is -1.12. The Morgan fingerprint density at radius 3 is 2.78 bits per heavy atom. The molecule has 1 aliphatic rings. The van der Waals surface area contributed by atoms with Crippen LogP contribution in [-0.2, 0) is 16.0 Å². The van der Waals surface area contributed by atoms with Crippen molar-refractivity contribution >= 4 is 51.5 Å². The van der Waals surface area contributed by atoms with Crippen LogP contribution in [0.2, 0.25) is 10.2 Å². The van der Waals surface area contributed by atoms with Crippen LogP contribution in [0.4, 0.5) is 5.13 Å². The van der Waals surface area contributed by atoms with E-state index in [9.17, 15) is 14.7 Å².